The molecule has 1 aromatic heterocycles. The summed E-state index contributed by atoms with van der Waals surface area (Å²) in [6, 6.07) is 5.20. The number of nitrogens with one attached hydrogen (secondary N) is 2. The van der Waals surface area contributed by atoms with Crippen LogP contribution in [0.5, 0.6) is 5.75 Å². The molecule has 1 heterocycles. The van der Waals surface area contributed by atoms with Gasteiger partial charge >= 0.3 is 0 Å². The third-order valence-electron chi connectivity index (χ3n) is 3.96. The molecule has 0 radical (unpaired) electrons. The Hall–Kier alpha value is -2.76. The van der Waals surface area contributed by atoms with Crippen molar-refractivity contribution < 1.29 is 9.53 Å². The van der Waals surface area contributed by atoms with Gasteiger partial charge in [-0.25, -0.2) is 0 Å². The fraction of sp³-hybridized carbons (Fsp3) is 0.400. The topological polar surface area (TPSA) is 68.2 Å². The van der Waals surface area contributed by atoms with Gasteiger partial charge in [0, 0.05) is 30.1 Å². The summed E-state index contributed by atoms with van der Waals surface area (Å²) in [7, 11) is 1.85. The Labute approximate surface area is 155 Å². The third-order valence-corrected chi connectivity index (χ3v) is 3.96. The van der Waals surface area contributed by atoms with Gasteiger partial charge in [0.25, 0.3) is 0 Å². The molecule has 2 N–H and O–H groups in total. The maximum absolute atomic E-state index is 12.5. The van der Waals surface area contributed by atoms with E-state index in [1.54, 1.807) is 17.0 Å². The Bertz CT molecular complexity index is 767. The lowest BCUT2D eigenvalue weighted by Gasteiger charge is -2.20. The highest BCUT2D eigenvalue weighted by Gasteiger charge is 2.18. The molecule has 2 unspecified atom stereocenters. The normalized spacial score (nSPS) is 13.2. The number of ether oxygens (including phenoxy) is 1. The van der Waals surface area contributed by atoms with Crippen LogP contribution in [0.4, 0.5) is 5.69 Å². The first-order valence-corrected chi connectivity index (χ1v) is 8.78. The van der Waals surface area contributed by atoms with Gasteiger partial charge in [0.2, 0.25) is 5.91 Å². The minimum atomic E-state index is -0.398. The van der Waals surface area contributed by atoms with Crippen LogP contribution in [0.2, 0.25) is 0 Å². The zero-order valence-corrected chi connectivity index (χ0v) is 16.1. The Morgan fingerprint density at radius 3 is 2.62 bits per heavy atom. The van der Waals surface area contributed by atoms with Crippen LogP contribution < -0.4 is 15.4 Å². The first kappa shape index (κ1) is 19.6. The van der Waals surface area contributed by atoms with Crippen molar-refractivity contribution in [2.45, 2.75) is 45.9 Å². The molecule has 6 heteroatoms. The predicted octanol–water partition coefficient (Wildman–Crippen LogP) is 3.53. The Balaban J connectivity index is 2.02. The number of aryl methyl sites for hydroxylation is 1. The number of rotatable bonds is 8. The zero-order valence-electron chi connectivity index (χ0n) is 16.1. The van der Waals surface area contributed by atoms with Crippen LogP contribution in [0.3, 0.4) is 0 Å². The van der Waals surface area contributed by atoms with E-state index in [2.05, 4.69) is 22.3 Å². The van der Waals surface area contributed by atoms with Crippen LogP contribution in [-0.4, -0.2) is 27.8 Å². The molecule has 0 aliphatic rings. The van der Waals surface area contributed by atoms with Gasteiger partial charge in [-0.15, -0.1) is 0 Å². The number of hydrogen-bond donors (Lipinski definition) is 2. The van der Waals surface area contributed by atoms with Gasteiger partial charge in [-0.3, -0.25) is 9.48 Å². The minimum absolute atomic E-state index is 0.0844. The molecule has 2 aromatic rings. The summed E-state index contributed by atoms with van der Waals surface area (Å²) in [5.74, 6) is 0.696. The second-order valence-electron chi connectivity index (χ2n) is 6.66. The summed E-state index contributed by atoms with van der Waals surface area (Å²) in [5.41, 5.74) is 2.70. The number of aromatic nitrogens is 2. The molecular weight excluding hydrogens is 328 g/mol. The van der Waals surface area contributed by atoms with Crippen molar-refractivity contribution in [3.8, 4) is 5.75 Å². The van der Waals surface area contributed by atoms with Crippen molar-refractivity contribution >= 4 is 17.7 Å². The van der Waals surface area contributed by atoms with Gasteiger partial charge in [0.05, 0.1) is 18.3 Å². The van der Waals surface area contributed by atoms with E-state index < -0.39 is 6.04 Å². The number of anilines is 1. The number of carbonyl (C=O) groups excluding carboxylic acids is 1. The van der Waals surface area contributed by atoms with E-state index in [-0.39, 0.29) is 18.1 Å². The molecule has 0 bridgehead atoms. The Morgan fingerprint density at radius 2 is 2.04 bits per heavy atom. The molecule has 0 aliphatic carbocycles. The largest absolute Gasteiger partial charge is 0.491 e. The number of carbonyl (C=O) groups is 1. The lowest BCUT2D eigenvalue weighted by atomic mass is 10.1. The van der Waals surface area contributed by atoms with E-state index in [1.165, 1.54) is 0 Å². The van der Waals surface area contributed by atoms with E-state index in [1.807, 2.05) is 59.1 Å². The highest BCUT2D eigenvalue weighted by molar-refractivity contribution is 5.85. The van der Waals surface area contributed by atoms with Crippen molar-refractivity contribution in [1.82, 2.24) is 15.1 Å². The van der Waals surface area contributed by atoms with E-state index in [0.717, 1.165) is 22.6 Å². The number of amides is 1. The molecule has 0 spiro atoms. The van der Waals surface area contributed by atoms with Gasteiger partial charge in [0.15, 0.2) is 0 Å². The van der Waals surface area contributed by atoms with Crippen molar-refractivity contribution in [3.63, 3.8) is 0 Å². The fourth-order valence-electron chi connectivity index (χ4n) is 2.57. The van der Waals surface area contributed by atoms with Crippen LogP contribution in [0.15, 0.2) is 37.2 Å². The van der Waals surface area contributed by atoms with Gasteiger partial charge in [-0.1, -0.05) is 12.7 Å². The lowest BCUT2D eigenvalue weighted by molar-refractivity contribution is -0.122. The first-order chi connectivity index (χ1) is 12.3. The Morgan fingerprint density at radius 1 is 1.31 bits per heavy atom. The molecule has 1 amide bonds. The SMILES string of the molecule is C=Cc1cc(OC(C)C)ccc1NC(C)C(=O)NC(C)c1cnn(C)c1. The quantitative estimate of drug-likeness (QED) is 0.759. The summed E-state index contributed by atoms with van der Waals surface area (Å²) in [4.78, 5) is 12.5. The summed E-state index contributed by atoms with van der Waals surface area (Å²) in [5, 5.41) is 10.4. The van der Waals surface area contributed by atoms with Gasteiger partial charge in [-0.2, -0.15) is 5.10 Å². The van der Waals surface area contributed by atoms with Crippen LogP contribution in [0.25, 0.3) is 6.08 Å². The molecule has 6 nitrogen and oxygen atoms in total. The zero-order chi connectivity index (χ0) is 19.3. The highest BCUT2D eigenvalue weighted by Crippen LogP contribution is 2.24. The number of nitrogens with zero attached hydrogens (tertiary/aromatic N) is 2. The summed E-state index contributed by atoms with van der Waals surface area (Å²) in [6.45, 7) is 11.6. The second-order valence-corrected chi connectivity index (χ2v) is 6.66. The van der Waals surface area contributed by atoms with Crippen LogP contribution in [-0.2, 0) is 11.8 Å². The monoisotopic (exact) mass is 356 g/mol. The molecule has 2 rings (SSSR count). The molecule has 0 aliphatic heterocycles. The number of benzene rings is 1. The molecule has 1 aromatic carbocycles. The minimum Gasteiger partial charge on any atom is -0.491 e. The molecule has 0 saturated carbocycles. The van der Waals surface area contributed by atoms with Crippen LogP contribution >= 0.6 is 0 Å². The maximum Gasteiger partial charge on any atom is 0.242 e. The van der Waals surface area contributed by atoms with Crippen molar-refractivity contribution in [1.29, 1.82) is 0 Å². The average Bonchev–Trinajstić information content (AvgIpc) is 3.02. The molecule has 2 atom stereocenters. The van der Waals surface area contributed by atoms with Gasteiger partial charge in [0.1, 0.15) is 11.8 Å². The van der Waals surface area contributed by atoms with Gasteiger partial charge in [-0.05, 0) is 45.9 Å². The molecular formula is C20H28N4O2. The van der Waals surface area contributed by atoms with Crippen LogP contribution in [0, 0.1) is 0 Å². The maximum atomic E-state index is 12.5. The Kier molecular flexibility index (Phi) is 6.44. The molecule has 0 saturated heterocycles. The summed E-state index contributed by atoms with van der Waals surface area (Å²) >= 11 is 0. The third kappa shape index (κ3) is 5.12. The lowest BCUT2D eigenvalue weighted by Crippen LogP contribution is -2.38. The summed E-state index contributed by atoms with van der Waals surface area (Å²) in [6.07, 6.45) is 5.50. The van der Waals surface area contributed by atoms with Crippen molar-refractivity contribution in [2.24, 2.45) is 7.05 Å². The van der Waals surface area contributed by atoms with E-state index >= 15 is 0 Å². The predicted molar refractivity (Wildman–Crippen MR) is 105 cm³/mol. The number of hydrogen-bond acceptors (Lipinski definition) is 4. The van der Waals surface area contributed by atoms with Crippen molar-refractivity contribution in [2.75, 3.05) is 5.32 Å². The average molecular weight is 356 g/mol. The fourth-order valence-corrected chi connectivity index (χ4v) is 2.57. The molecule has 26 heavy (non-hydrogen) atoms. The van der Waals surface area contributed by atoms with E-state index in [9.17, 15) is 4.79 Å². The van der Waals surface area contributed by atoms with E-state index in [0.29, 0.717) is 0 Å². The standard InChI is InChI=1S/C20H28N4O2/c1-7-16-10-18(26-13(2)3)8-9-19(16)22-15(5)20(25)23-14(4)17-11-21-24(6)12-17/h7-15,22H,1H2,2-6H3,(H,23,25). The molecule has 140 valence electrons. The van der Waals surface area contributed by atoms with E-state index in [4.69, 9.17) is 4.74 Å². The smallest absolute Gasteiger partial charge is 0.242 e. The second kappa shape index (κ2) is 8.56. The first-order valence-electron chi connectivity index (χ1n) is 8.78. The molecule has 0 fully saturated rings. The highest BCUT2D eigenvalue weighted by atomic mass is 16.5. The summed E-state index contributed by atoms with van der Waals surface area (Å²) < 4.78 is 7.42. The van der Waals surface area contributed by atoms with Crippen LogP contribution in [0.1, 0.15) is 44.9 Å². The van der Waals surface area contributed by atoms with Crippen molar-refractivity contribution in [3.05, 3.63) is 48.3 Å². The van der Waals surface area contributed by atoms with Gasteiger partial charge < -0.3 is 15.4 Å².